The van der Waals surface area contributed by atoms with Crippen LogP contribution < -0.4 is 0 Å². The average Bonchev–Trinajstić information content (AvgIpc) is 2.87. The monoisotopic (exact) mass is 271 g/mol. The van der Waals surface area contributed by atoms with Crippen molar-refractivity contribution < 1.29 is 19.1 Å². The molecule has 20 heavy (non-hydrogen) atoms. The Balaban J connectivity index is 2.29. The van der Waals surface area contributed by atoms with Gasteiger partial charge in [-0.25, -0.2) is 9.59 Å². The van der Waals surface area contributed by atoms with Gasteiger partial charge in [0.1, 0.15) is 5.69 Å². The summed E-state index contributed by atoms with van der Waals surface area (Å²) >= 11 is 0. The van der Waals surface area contributed by atoms with Crippen molar-refractivity contribution in [3.8, 4) is 11.8 Å². The summed E-state index contributed by atoms with van der Waals surface area (Å²) in [5.74, 6) is 4.11. The lowest BCUT2D eigenvalue weighted by molar-refractivity contribution is -0.136. The second-order valence-electron chi connectivity index (χ2n) is 3.95. The van der Waals surface area contributed by atoms with E-state index in [1.54, 1.807) is 25.1 Å². The number of hydrogen-bond acceptors (Lipinski definition) is 4. The fourth-order valence-corrected chi connectivity index (χ4v) is 1.72. The SMILES string of the molecule is CCOC(=O)C#Cc1ccc2cc(C(=O)OC)[nH]c2c1. The highest BCUT2D eigenvalue weighted by molar-refractivity contribution is 5.95. The number of benzene rings is 1. The molecular weight excluding hydrogens is 258 g/mol. The second-order valence-corrected chi connectivity index (χ2v) is 3.95. The molecule has 0 saturated heterocycles. The van der Waals surface area contributed by atoms with E-state index in [4.69, 9.17) is 4.74 Å². The Kier molecular flexibility index (Phi) is 4.06. The number of H-pyrrole nitrogens is 1. The van der Waals surface area contributed by atoms with Crippen LogP contribution in [0.4, 0.5) is 0 Å². The first-order chi connectivity index (χ1) is 9.63. The van der Waals surface area contributed by atoms with Gasteiger partial charge in [-0.1, -0.05) is 12.0 Å². The third-order valence-corrected chi connectivity index (χ3v) is 2.61. The van der Waals surface area contributed by atoms with E-state index >= 15 is 0 Å². The van der Waals surface area contributed by atoms with E-state index in [1.807, 2.05) is 6.07 Å². The van der Waals surface area contributed by atoms with Crippen molar-refractivity contribution in [3.63, 3.8) is 0 Å². The van der Waals surface area contributed by atoms with Gasteiger partial charge in [-0.2, -0.15) is 0 Å². The number of aromatic nitrogens is 1. The van der Waals surface area contributed by atoms with Crippen molar-refractivity contribution >= 4 is 22.8 Å². The zero-order valence-corrected chi connectivity index (χ0v) is 11.1. The Bertz CT molecular complexity index is 718. The first-order valence-corrected chi connectivity index (χ1v) is 6.04. The third-order valence-electron chi connectivity index (χ3n) is 2.61. The van der Waals surface area contributed by atoms with Gasteiger partial charge in [0.05, 0.1) is 13.7 Å². The zero-order valence-electron chi connectivity index (χ0n) is 11.1. The molecule has 0 aliphatic carbocycles. The quantitative estimate of drug-likeness (QED) is 0.668. The smallest absolute Gasteiger partial charge is 0.384 e. The van der Waals surface area contributed by atoms with Crippen LogP contribution in [0.15, 0.2) is 24.3 Å². The van der Waals surface area contributed by atoms with Crippen LogP contribution in [-0.2, 0) is 14.3 Å². The maximum atomic E-state index is 11.4. The van der Waals surface area contributed by atoms with Gasteiger partial charge in [0.15, 0.2) is 0 Å². The number of aromatic amines is 1. The second kappa shape index (κ2) is 5.93. The Morgan fingerprint density at radius 1 is 1.30 bits per heavy atom. The van der Waals surface area contributed by atoms with E-state index in [-0.39, 0.29) is 0 Å². The predicted octanol–water partition coefficient (Wildman–Crippen LogP) is 1.87. The summed E-state index contributed by atoms with van der Waals surface area (Å²) in [7, 11) is 1.32. The summed E-state index contributed by atoms with van der Waals surface area (Å²) in [5.41, 5.74) is 1.78. The average molecular weight is 271 g/mol. The normalized spacial score (nSPS) is 9.70. The molecule has 0 spiro atoms. The lowest BCUT2D eigenvalue weighted by Gasteiger charge is -1.93. The minimum atomic E-state index is -0.561. The maximum absolute atomic E-state index is 11.4. The maximum Gasteiger partial charge on any atom is 0.384 e. The number of carbonyl (C=O) groups excluding carboxylic acids is 2. The highest BCUT2D eigenvalue weighted by Crippen LogP contribution is 2.17. The Morgan fingerprint density at radius 2 is 2.10 bits per heavy atom. The number of nitrogens with one attached hydrogen (secondary N) is 1. The first kappa shape index (κ1) is 13.7. The number of esters is 2. The van der Waals surface area contributed by atoms with Crippen LogP contribution in [0.1, 0.15) is 23.0 Å². The summed E-state index contributed by atoms with van der Waals surface area (Å²) in [6.45, 7) is 2.02. The summed E-state index contributed by atoms with van der Waals surface area (Å²) in [4.78, 5) is 25.5. The first-order valence-electron chi connectivity index (χ1n) is 6.04. The molecule has 5 nitrogen and oxygen atoms in total. The van der Waals surface area contributed by atoms with Crippen LogP contribution in [-0.4, -0.2) is 30.6 Å². The van der Waals surface area contributed by atoms with Crippen molar-refractivity contribution in [2.75, 3.05) is 13.7 Å². The van der Waals surface area contributed by atoms with Crippen molar-refractivity contribution in [2.45, 2.75) is 6.92 Å². The van der Waals surface area contributed by atoms with Gasteiger partial charge in [0.2, 0.25) is 0 Å². The molecule has 0 saturated carbocycles. The van der Waals surface area contributed by atoms with Gasteiger partial charge in [-0.05, 0) is 25.1 Å². The molecule has 0 atom stereocenters. The zero-order chi connectivity index (χ0) is 14.5. The molecule has 102 valence electrons. The number of ether oxygens (including phenoxy) is 2. The van der Waals surface area contributed by atoms with Gasteiger partial charge in [0, 0.05) is 22.4 Å². The molecule has 0 aliphatic heterocycles. The molecular formula is C15H13NO4. The van der Waals surface area contributed by atoms with Crippen LogP contribution in [0.5, 0.6) is 0 Å². The summed E-state index contributed by atoms with van der Waals surface area (Å²) < 4.78 is 9.36. The van der Waals surface area contributed by atoms with E-state index in [1.165, 1.54) is 7.11 Å². The van der Waals surface area contributed by atoms with Gasteiger partial charge < -0.3 is 14.5 Å². The van der Waals surface area contributed by atoms with E-state index in [2.05, 4.69) is 21.6 Å². The van der Waals surface area contributed by atoms with Gasteiger partial charge in [-0.15, -0.1) is 0 Å². The largest absolute Gasteiger partial charge is 0.464 e. The number of fused-ring (bicyclic) bond motifs is 1. The molecule has 1 N–H and O–H groups in total. The number of rotatable bonds is 2. The lowest BCUT2D eigenvalue weighted by atomic mass is 10.1. The highest BCUT2D eigenvalue weighted by Gasteiger charge is 2.09. The standard InChI is InChI=1S/C15H13NO4/c1-3-20-14(17)7-5-10-4-6-11-9-13(15(18)19-2)16-12(11)8-10/h4,6,8-9,16H,3H2,1-2H3. The van der Waals surface area contributed by atoms with Gasteiger partial charge >= 0.3 is 11.9 Å². The molecule has 0 amide bonds. The molecule has 2 rings (SSSR count). The highest BCUT2D eigenvalue weighted by atomic mass is 16.5. The summed E-state index contributed by atoms with van der Waals surface area (Å²) in [6.07, 6.45) is 0. The third kappa shape index (κ3) is 2.98. The van der Waals surface area contributed by atoms with Gasteiger partial charge in [0.25, 0.3) is 0 Å². The van der Waals surface area contributed by atoms with Crippen molar-refractivity contribution in [1.29, 1.82) is 0 Å². The molecule has 1 aromatic carbocycles. The molecule has 0 unspecified atom stereocenters. The molecule has 2 aromatic rings. The van der Waals surface area contributed by atoms with Gasteiger partial charge in [-0.3, -0.25) is 0 Å². The van der Waals surface area contributed by atoms with Crippen LogP contribution in [0.25, 0.3) is 10.9 Å². The summed E-state index contributed by atoms with van der Waals surface area (Å²) in [6, 6.07) is 7.04. The minimum Gasteiger partial charge on any atom is -0.464 e. The van der Waals surface area contributed by atoms with E-state index < -0.39 is 11.9 Å². The Morgan fingerprint density at radius 3 is 2.80 bits per heavy atom. The predicted molar refractivity (Wildman–Crippen MR) is 73.1 cm³/mol. The van der Waals surface area contributed by atoms with Crippen LogP contribution in [0.3, 0.4) is 0 Å². The molecule has 0 radical (unpaired) electrons. The molecule has 0 bridgehead atoms. The summed E-state index contributed by atoms with van der Waals surface area (Å²) in [5, 5.41) is 0.868. The minimum absolute atomic E-state index is 0.297. The Hall–Kier alpha value is -2.74. The Labute approximate surface area is 115 Å². The molecule has 0 fully saturated rings. The number of methoxy groups -OCH3 is 1. The van der Waals surface area contributed by atoms with E-state index in [9.17, 15) is 9.59 Å². The van der Waals surface area contributed by atoms with Crippen LogP contribution in [0, 0.1) is 11.8 Å². The topological polar surface area (TPSA) is 68.4 Å². The van der Waals surface area contributed by atoms with E-state index in [0.717, 1.165) is 10.9 Å². The fourth-order valence-electron chi connectivity index (χ4n) is 1.72. The van der Waals surface area contributed by atoms with Crippen molar-refractivity contribution in [2.24, 2.45) is 0 Å². The molecule has 1 heterocycles. The van der Waals surface area contributed by atoms with Crippen LogP contribution >= 0.6 is 0 Å². The molecule has 0 aliphatic rings. The van der Waals surface area contributed by atoms with Crippen molar-refractivity contribution in [1.82, 2.24) is 4.98 Å². The fraction of sp³-hybridized carbons (Fsp3) is 0.200. The number of carbonyl (C=O) groups is 2. The number of hydrogen-bond donors (Lipinski definition) is 1. The molecule has 1 aromatic heterocycles. The van der Waals surface area contributed by atoms with E-state index in [0.29, 0.717) is 17.9 Å². The van der Waals surface area contributed by atoms with Crippen LogP contribution in [0.2, 0.25) is 0 Å². The lowest BCUT2D eigenvalue weighted by Crippen LogP contribution is -2.00. The van der Waals surface area contributed by atoms with Crippen molar-refractivity contribution in [3.05, 3.63) is 35.5 Å². The molecule has 5 heteroatoms.